The molecule has 0 radical (unpaired) electrons. The fraction of sp³-hybridized carbons (Fsp3) is 0.765. The summed E-state index contributed by atoms with van der Waals surface area (Å²) in [5, 5.41) is 7.96. The van der Waals surface area contributed by atoms with Crippen molar-refractivity contribution in [1.29, 1.82) is 0 Å². The molecule has 3 N–H and O–H groups in total. The Kier molecular flexibility index (Phi) is 5.34. The second kappa shape index (κ2) is 7.62. The Balaban J connectivity index is 1.38. The number of hydrazine groups is 1. The third-order valence-electron chi connectivity index (χ3n) is 5.89. The van der Waals surface area contributed by atoms with E-state index in [1.165, 1.54) is 7.05 Å². The van der Waals surface area contributed by atoms with E-state index in [0.29, 0.717) is 18.6 Å². The molecule has 1 aromatic heterocycles. The lowest BCUT2D eigenvalue weighted by Crippen LogP contribution is -2.51. The normalized spacial score (nSPS) is 29.8. The maximum atomic E-state index is 13.0. The van der Waals surface area contributed by atoms with Gasteiger partial charge in [0.25, 0.3) is 0 Å². The average molecular weight is 401 g/mol. The molecule has 1 aromatic rings. The number of hydrogen-bond donors (Lipinski definition) is 3. The van der Waals surface area contributed by atoms with E-state index in [-0.39, 0.29) is 23.8 Å². The highest BCUT2D eigenvalue weighted by atomic mass is 19.4. The molecule has 0 saturated carbocycles. The summed E-state index contributed by atoms with van der Waals surface area (Å²) < 4.78 is 44.3. The van der Waals surface area contributed by atoms with E-state index in [9.17, 15) is 13.2 Å². The zero-order chi connectivity index (χ0) is 19.9. The van der Waals surface area contributed by atoms with Gasteiger partial charge in [0.15, 0.2) is 0 Å². The molecule has 0 aromatic carbocycles. The van der Waals surface area contributed by atoms with E-state index in [2.05, 4.69) is 42.9 Å². The Bertz CT molecular complexity index is 700. The number of nitrogens with zero attached hydrogens (tertiary/aromatic N) is 4. The lowest BCUT2D eigenvalue weighted by atomic mass is 10.1. The van der Waals surface area contributed by atoms with Crippen molar-refractivity contribution >= 4 is 11.8 Å². The predicted octanol–water partition coefficient (Wildman–Crippen LogP) is 0.999. The second-order valence-corrected chi connectivity index (χ2v) is 7.59. The van der Waals surface area contributed by atoms with Gasteiger partial charge in [0.05, 0.1) is 25.3 Å². The maximum Gasteiger partial charge on any atom is 0.421 e. The molecule has 2 unspecified atom stereocenters. The first-order valence-electron chi connectivity index (χ1n) is 9.59. The van der Waals surface area contributed by atoms with E-state index in [4.69, 9.17) is 4.74 Å². The zero-order valence-electron chi connectivity index (χ0n) is 16.0. The molecule has 3 atom stereocenters. The number of alkyl halides is 3. The van der Waals surface area contributed by atoms with Crippen LogP contribution < -0.4 is 16.1 Å². The maximum absolute atomic E-state index is 13.0. The number of nitrogens with one attached hydrogen (secondary N) is 3. The van der Waals surface area contributed by atoms with Crippen LogP contribution in [0, 0.1) is 0 Å². The molecule has 0 aliphatic carbocycles. The van der Waals surface area contributed by atoms with Gasteiger partial charge < -0.3 is 15.4 Å². The van der Waals surface area contributed by atoms with E-state index in [1.54, 1.807) is 0 Å². The highest BCUT2D eigenvalue weighted by Crippen LogP contribution is 2.33. The summed E-state index contributed by atoms with van der Waals surface area (Å²) >= 11 is 0. The number of aromatic nitrogens is 2. The van der Waals surface area contributed by atoms with Crippen LogP contribution in [0.4, 0.5) is 24.9 Å². The van der Waals surface area contributed by atoms with Crippen LogP contribution in [0.2, 0.25) is 0 Å². The van der Waals surface area contributed by atoms with Gasteiger partial charge in [-0.15, -0.1) is 0 Å². The molecule has 156 valence electrons. The number of hydrogen-bond acceptors (Lipinski definition) is 8. The van der Waals surface area contributed by atoms with Gasteiger partial charge in [-0.05, 0) is 13.3 Å². The number of halogens is 3. The second-order valence-electron chi connectivity index (χ2n) is 7.59. The fourth-order valence-corrected chi connectivity index (χ4v) is 4.12. The lowest BCUT2D eigenvalue weighted by molar-refractivity contribution is -0.137. The highest BCUT2D eigenvalue weighted by Gasteiger charge is 2.41. The standard InChI is InChI=1S/C17H26F3N7O/c1-10-14(24-16-22-5-13(17(18,19)20)15(21-2)25-16)6-23-27(10)11-3-4-26(7-11)12-8-28-9-12/h5,10-12,14,23H,3-4,6-9H2,1-2H3,(H2,21,22,24,25)/t10?,11-,14?/m0/s1. The van der Waals surface area contributed by atoms with Crippen LogP contribution >= 0.6 is 0 Å². The fourth-order valence-electron chi connectivity index (χ4n) is 4.12. The molecule has 8 nitrogen and oxygen atoms in total. The quantitative estimate of drug-likeness (QED) is 0.675. The lowest BCUT2D eigenvalue weighted by Gasteiger charge is -2.35. The first-order chi connectivity index (χ1) is 13.4. The number of likely N-dealkylation sites (tertiary alicyclic amines) is 1. The highest BCUT2D eigenvalue weighted by molar-refractivity contribution is 5.48. The first-order valence-corrected chi connectivity index (χ1v) is 9.59. The van der Waals surface area contributed by atoms with Gasteiger partial charge in [-0.2, -0.15) is 18.2 Å². The largest absolute Gasteiger partial charge is 0.421 e. The van der Waals surface area contributed by atoms with Gasteiger partial charge in [-0.25, -0.2) is 9.99 Å². The Hall–Kier alpha value is -1.69. The van der Waals surface area contributed by atoms with Crippen molar-refractivity contribution in [3.8, 4) is 0 Å². The van der Waals surface area contributed by atoms with Gasteiger partial charge in [0, 0.05) is 45.0 Å². The van der Waals surface area contributed by atoms with Gasteiger partial charge in [-0.1, -0.05) is 0 Å². The first kappa shape index (κ1) is 19.6. The minimum absolute atomic E-state index is 0.00234. The van der Waals surface area contributed by atoms with Crippen molar-refractivity contribution in [2.75, 3.05) is 50.5 Å². The van der Waals surface area contributed by atoms with Crippen LogP contribution in [0.25, 0.3) is 0 Å². The van der Waals surface area contributed by atoms with E-state index in [1.807, 2.05) is 0 Å². The zero-order valence-corrected chi connectivity index (χ0v) is 16.0. The monoisotopic (exact) mass is 401 g/mol. The molecule has 0 spiro atoms. The summed E-state index contributed by atoms with van der Waals surface area (Å²) in [5.74, 6) is -0.0351. The minimum atomic E-state index is -4.49. The van der Waals surface area contributed by atoms with Crippen LogP contribution in [0.1, 0.15) is 18.9 Å². The third-order valence-corrected chi connectivity index (χ3v) is 5.89. The summed E-state index contributed by atoms with van der Waals surface area (Å²) in [4.78, 5) is 10.4. The van der Waals surface area contributed by atoms with Crippen molar-refractivity contribution < 1.29 is 17.9 Å². The van der Waals surface area contributed by atoms with E-state index >= 15 is 0 Å². The number of ether oxygens (including phenoxy) is 1. The molecule has 11 heteroatoms. The molecular formula is C17H26F3N7O. The molecule has 3 fully saturated rings. The van der Waals surface area contributed by atoms with Gasteiger partial charge in [-0.3, -0.25) is 10.3 Å². The van der Waals surface area contributed by atoms with Crippen LogP contribution in [0.5, 0.6) is 0 Å². The molecule has 0 amide bonds. The third kappa shape index (κ3) is 3.76. The molecule has 3 saturated heterocycles. The molecule has 4 heterocycles. The summed E-state index contributed by atoms with van der Waals surface area (Å²) in [6.45, 7) is 6.48. The number of anilines is 2. The SMILES string of the molecule is CNc1nc(NC2CNN([C@H]3CCN(C4COC4)C3)C2C)ncc1C(F)(F)F. The van der Waals surface area contributed by atoms with Gasteiger partial charge >= 0.3 is 6.18 Å². The van der Waals surface area contributed by atoms with Crippen molar-refractivity contribution in [3.63, 3.8) is 0 Å². The summed E-state index contributed by atoms with van der Waals surface area (Å²) in [6.07, 6.45) is -2.58. The molecule has 4 rings (SSSR count). The van der Waals surface area contributed by atoms with E-state index in [0.717, 1.165) is 38.9 Å². The molecule has 3 aliphatic heterocycles. The number of rotatable bonds is 5. The van der Waals surface area contributed by atoms with Crippen molar-refractivity contribution in [2.24, 2.45) is 0 Å². The Labute approximate surface area is 161 Å². The van der Waals surface area contributed by atoms with Crippen LogP contribution in [-0.2, 0) is 10.9 Å². The van der Waals surface area contributed by atoms with Crippen LogP contribution in [-0.4, -0.2) is 83.9 Å². The predicted molar refractivity (Wildman–Crippen MR) is 97.9 cm³/mol. The molecule has 0 bridgehead atoms. The summed E-state index contributed by atoms with van der Waals surface area (Å²) in [7, 11) is 1.42. The van der Waals surface area contributed by atoms with Crippen LogP contribution in [0.15, 0.2) is 6.20 Å². The average Bonchev–Trinajstić information content (AvgIpc) is 3.20. The Morgan fingerprint density at radius 3 is 2.71 bits per heavy atom. The van der Waals surface area contributed by atoms with Crippen molar-refractivity contribution in [2.45, 2.75) is 43.7 Å². The Morgan fingerprint density at radius 2 is 2.07 bits per heavy atom. The van der Waals surface area contributed by atoms with Crippen molar-refractivity contribution in [3.05, 3.63) is 11.8 Å². The molecule has 3 aliphatic rings. The van der Waals surface area contributed by atoms with E-state index < -0.39 is 11.7 Å². The smallest absolute Gasteiger partial charge is 0.378 e. The Morgan fingerprint density at radius 1 is 1.29 bits per heavy atom. The summed E-state index contributed by atoms with van der Waals surface area (Å²) in [5.41, 5.74) is 2.57. The van der Waals surface area contributed by atoms with Gasteiger partial charge in [0.1, 0.15) is 11.4 Å². The molecular weight excluding hydrogens is 375 g/mol. The van der Waals surface area contributed by atoms with Crippen molar-refractivity contribution in [1.82, 2.24) is 25.3 Å². The van der Waals surface area contributed by atoms with Crippen LogP contribution in [0.3, 0.4) is 0 Å². The van der Waals surface area contributed by atoms with Gasteiger partial charge in [0.2, 0.25) is 5.95 Å². The molecule has 28 heavy (non-hydrogen) atoms. The minimum Gasteiger partial charge on any atom is -0.378 e. The topological polar surface area (TPSA) is 77.6 Å². The summed E-state index contributed by atoms with van der Waals surface area (Å²) in [6, 6.07) is 1.11.